The molecule has 0 aromatic rings. The average molecular weight is 273 g/mol. The van der Waals surface area contributed by atoms with E-state index in [4.69, 9.17) is 0 Å². The highest BCUT2D eigenvalue weighted by atomic mass is 35.5. The van der Waals surface area contributed by atoms with Crippen LogP contribution < -0.4 is 10.6 Å². The van der Waals surface area contributed by atoms with Crippen molar-refractivity contribution in [2.75, 3.05) is 31.1 Å². The van der Waals surface area contributed by atoms with Crippen LogP contribution in [0.25, 0.3) is 0 Å². The van der Waals surface area contributed by atoms with Crippen LogP contribution in [-0.2, 0) is 14.6 Å². The van der Waals surface area contributed by atoms with Crippen LogP contribution in [0.15, 0.2) is 0 Å². The summed E-state index contributed by atoms with van der Waals surface area (Å²) in [4.78, 5) is 11.1. The highest BCUT2D eigenvalue weighted by Crippen LogP contribution is 1.87. The van der Waals surface area contributed by atoms with E-state index in [2.05, 4.69) is 17.6 Å². The van der Waals surface area contributed by atoms with E-state index in [0.717, 1.165) is 13.0 Å². The van der Waals surface area contributed by atoms with E-state index in [9.17, 15) is 13.2 Å². The van der Waals surface area contributed by atoms with Crippen LogP contribution in [0, 0.1) is 0 Å². The predicted octanol–water partition coefficient (Wildman–Crippen LogP) is -0.0413. The second-order valence-electron chi connectivity index (χ2n) is 3.28. The van der Waals surface area contributed by atoms with Gasteiger partial charge in [-0.3, -0.25) is 4.79 Å². The molecule has 0 aromatic carbocycles. The Morgan fingerprint density at radius 1 is 1.12 bits per heavy atom. The predicted molar refractivity (Wildman–Crippen MR) is 67.7 cm³/mol. The number of halogens is 1. The second-order valence-corrected chi connectivity index (χ2v) is 5.63. The molecule has 0 aromatic heterocycles. The number of rotatable bonds is 8. The molecule has 0 unspecified atom stereocenters. The van der Waals surface area contributed by atoms with Gasteiger partial charge in [0, 0.05) is 18.8 Å². The summed E-state index contributed by atoms with van der Waals surface area (Å²) in [5.41, 5.74) is 0. The lowest BCUT2D eigenvalue weighted by molar-refractivity contribution is -0.118. The summed E-state index contributed by atoms with van der Waals surface area (Å²) < 4.78 is 22.1. The van der Waals surface area contributed by atoms with Crippen LogP contribution in [0.2, 0.25) is 0 Å². The van der Waals surface area contributed by atoms with Gasteiger partial charge in [0.15, 0.2) is 9.84 Å². The first-order valence-corrected chi connectivity index (χ1v) is 7.01. The highest BCUT2D eigenvalue weighted by Gasteiger charge is 2.13. The van der Waals surface area contributed by atoms with Crippen LogP contribution in [0.5, 0.6) is 0 Å². The number of hydrogen-bond donors (Lipinski definition) is 2. The molecule has 0 aliphatic carbocycles. The van der Waals surface area contributed by atoms with Crippen LogP contribution in [0.4, 0.5) is 0 Å². The van der Waals surface area contributed by atoms with E-state index >= 15 is 0 Å². The van der Waals surface area contributed by atoms with Crippen molar-refractivity contribution in [1.82, 2.24) is 10.6 Å². The van der Waals surface area contributed by atoms with Crippen molar-refractivity contribution < 1.29 is 13.2 Å². The van der Waals surface area contributed by atoms with Gasteiger partial charge in [-0.05, 0) is 13.0 Å². The third-order valence-corrected chi connectivity index (χ3v) is 3.42. The van der Waals surface area contributed by atoms with E-state index in [1.165, 1.54) is 6.92 Å². The van der Waals surface area contributed by atoms with Gasteiger partial charge in [-0.15, -0.1) is 12.4 Å². The van der Waals surface area contributed by atoms with Crippen molar-refractivity contribution in [1.29, 1.82) is 0 Å². The van der Waals surface area contributed by atoms with Crippen LogP contribution in [-0.4, -0.2) is 45.5 Å². The molecule has 0 fully saturated rings. The Morgan fingerprint density at radius 3 is 2.25 bits per heavy atom. The maximum absolute atomic E-state index is 11.1. The molecule has 0 aliphatic heterocycles. The zero-order chi connectivity index (χ0) is 11.7. The zero-order valence-corrected chi connectivity index (χ0v) is 11.4. The number of carbonyl (C=O) groups excluding carboxylic acids is 1. The highest BCUT2D eigenvalue weighted by molar-refractivity contribution is 7.92. The molecule has 0 spiro atoms. The van der Waals surface area contributed by atoms with Crippen molar-refractivity contribution in [2.45, 2.75) is 20.3 Å². The zero-order valence-electron chi connectivity index (χ0n) is 9.78. The molecule has 0 saturated heterocycles. The van der Waals surface area contributed by atoms with Crippen LogP contribution in [0.1, 0.15) is 20.3 Å². The quantitative estimate of drug-likeness (QED) is 0.608. The smallest absolute Gasteiger partial charge is 0.235 e. The van der Waals surface area contributed by atoms with E-state index < -0.39 is 21.5 Å². The number of nitrogens with one attached hydrogen (secondary N) is 2. The van der Waals surface area contributed by atoms with Gasteiger partial charge in [0.1, 0.15) is 5.75 Å². The molecule has 0 aliphatic rings. The molecule has 0 saturated carbocycles. The molecular weight excluding hydrogens is 252 g/mol. The minimum Gasteiger partial charge on any atom is -0.354 e. The standard InChI is InChI=1S/C9H20N2O3S.ClH/c1-3-5-10-6-7-11-9(12)8-15(13,14)4-2;/h10H,3-8H2,1-2H3,(H,11,12);1H. The van der Waals surface area contributed by atoms with Crippen molar-refractivity contribution in [3.63, 3.8) is 0 Å². The van der Waals surface area contributed by atoms with Gasteiger partial charge in [0.25, 0.3) is 0 Å². The molecule has 0 rings (SSSR count). The van der Waals surface area contributed by atoms with Gasteiger partial charge >= 0.3 is 0 Å². The van der Waals surface area contributed by atoms with Crippen molar-refractivity contribution in [2.24, 2.45) is 0 Å². The van der Waals surface area contributed by atoms with Crippen LogP contribution >= 0.6 is 12.4 Å². The summed E-state index contributed by atoms with van der Waals surface area (Å²) in [6.45, 7) is 5.64. The van der Waals surface area contributed by atoms with E-state index in [1.807, 2.05) is 0 Å². The molecule has 2 N–H and O–H groups in total. The topological polar surface area (TPSA) is 75.3 Å². The largest absolute Gasteiger partial charge is 0.354 e. The fourth-order valence-corrected chi connectivity index (χ4v) is 1.65. The molecule has 0 atom stereocenters. The van der Waals surface area contributed by atoms with Crippen molar-refractivity contribution in [3.05, 3.63) is 0 Å². The molecule has 5 nitrogen and oxygen atoms in total. The molecular formula is C9H21ClN2O3S. The number of amides is 1. The van der Waals surface area contributed by atoms with Gasteiger partial charge in [0.2, 0.25) is 5.91 Å². The van der Waals surface area contributed by atoms with Gasteiger partial charge in [-0.1, -0.05) is 13.8 Å². The molecule has 0 radical (unpaired) electrons. The van der Waals surface area contributed by atoms with E-state index in [0.29, 0.717) is 13.1 Å². The Balaban J connectivity index is 0. The Labute approximate surface area is 104 Å². The first kappa shape index (κ1) is 18.0. The molecule has 1 amide bonds. The lowest BCUT2D eigenvalue weighted by Gasteiger charge is -2.05. The second kappa shape index (κ2) is 9.86. The first-order chi connectivity index (χ1) is 7.02. The third-order valence-electron chi connectivity index (χ3n) is 1.84. The monoisotopic (exact) mass is 272 g/mol. The summed E-state index contributed by atoms with van der Waals surface area (Å²) in [6.07, 6.45) is 1.04. The number of carbonyl (C=O) groups is 1. The van der Waals surface area contributed by atoms with Crippen molar-refractivity contribution in [3.8, 4) is 0 Å². The average Bonchev–Trinajstić information content (AvgIpc) is 2.17. The molecule has 7 heteroatoms. The Kier molecular flexibility index (Phi) is 11.1. The molecule has 98 valence electrons. The minimum atomic E-state index is -3.20. The van der Waals surface area contributed by atoms with Gasteiger partial charge < -0.3 is 10.6 Å². The lowest BCUT2D eigenvalue weighted by atomic mass is 10.4. The van der Waals surface area contributed by atoms with E-state index in [-0.39, 0.29) is 18.2 Å². The maximum Gasteiger partial charge on any atom is 0.235 e. The fourth-order valence-electron chi connectivity index (χ4n) is 0.945. The normalized spacial score (nSPS) is 10.6. The SMILES string of the molecule is CCCNCCNC(=O)CS(=O)(=O)CC.Cl. The fraction of sp³-hybridized carbons (Fsp3) is 0.889. The molecule has 0 bridgehead atoms. The Morgan fingerprint density at radius 2 is 1.75 bits per heavy atom. The van der Waals surface area contributed by atoms with Crippen LogP contribution in [0.3, 0.4) is 0 Å². The summed E-state index contributed by atoms with van der Waals surface area (Å²) in [6, 6.07) is 0. The van der Waals surface area contributed by atoms with Gasteiger partial charge in [0.05, 0.1) is 0 Å². The summed E-state index contributed by atoms with van der Waals surface area (Å²) >= 11 is 0. The third kappa shape index (κ3) is 10.2. The minimum absolute atomic E-state index is 0. The molecule has 16 heavy (non-hydrogen) atoms. The molecule has 0 heterocycles. The number of hydrogen-bond acceptors (Lipinski definition) is 4. The maximum atomic E-state index is 11.1. The summed E-state index contributed by atoms with van der Waals surface area (Å²) in [5, 5.41) is 5.65. The van der Waals surface area contributed by atoms with Gasteiger partial charge in [-0.2, -0.15) is 0 Å². The Hall–Kier alpha value is -0.330. The summed E-state index contributed by atoms with van der Waals surface area (Å²) in [7, 11) is -3.20. The summed E-state index contributed by atoms with van der Waals surface area (Å²) in [5.74, 6) is -0.818. The lowest BCUT2D eigenvalue weighted by Crippen LogP contribution is -2.36. The number of sulfone groups is 1. The van der Waals surface area contributed by atoms with E-state index in [1.54, 1.807) is 0 Å². The Bertz CT molecular complexity index is 280. The van der Waals surface area contributed by atoms with Gasteiger partial charge in [-0.25, -0.2) is 8.42 Å². The first-order valence-electron chi connectivity index (χ1n) is 5.19. The van der Waals surface area contributed by atoms with Crippen molar-refractivity contribution >= 4 is 28.2 Å².